The van der Waals surface area contributed by atoms with Gasteiger partial charge < -0.3 is 15.8 Å². The molecule has 0 bridgehead atoms. The van der Waals surface area contributed by atoms with Crippen LogP contribution in [-0.2, 0) is 19.6 Å². The lowest BCUT2D eigenvalue weighted by Gasteiger charge is -2.13. The number of hydrogen-bond acceptors (Lipinski definition) is 5. The summed E-state index contributed by atoms with van der Waals surface area (Å²) in [6.45, 7) is 0.488. The van der Waals surface area contributed by atoms with Crippen molar-refractivity contribution in [2.75, 3.05) is 25.1 Å². The van der Waals surface area contributed by atoms with Crippen LogP contribution in [0.4, 0.5) is 5.69 Å². The summed E-state index contributed by atoms with van der Waals surface area (Å²) in [6.07, 6.45) is 1.77. The summed E-state index contributed by atoms with van der Waals surface area (Å²) < 4.78 is 32.1. The lowest BCUT2D eigenvalue weighted by atomic mass is 10.3. The molecule has 8 heteroatoms. The zero-order valence-corrected chi connectivity index (χ0v) is 12.4. The SMILES string of the molecule is NC(=O)COCCNc1ccccc1S(=O)(=O)NC1CC1. The van der Waals surface area contributed by atoms with Crippen molar-refractivity contribution >= 4 is 21.6 Å². The summed E-state index contributed by atoms with van der Waals surface area (Å²) in [4.78, 5) is 10.7. The lowest BCUT2D eigenvalue weighted by Crippen LogP contribution is -2.27. The molecule has 1 amide bonds. The fourth-order valence-corrected chi connectivity index (χ4v) is 3.25. The average molecular weight is 313 g/mol. The molecule has 0 heterocycles. The van der Waals surface area contributed by atoms with Gasteiger partial charge in [0.1, 0.15) is 11.5 Å². The van der Waals surface area contributed by atoms with E-state index in [0.717, 1.165) is 12.8 Å². The van der Waals surface area contributed by atoms with Crippen LogP contribution in [0, 0.1) is 0 Å². The molecule has 1 fully saturated rings. The van der Waals surface area contributed by atoms with E-state index < -0.39 is 15.9 Å². The van der Waals surface area contributed by atoms with Crippen LogP contribution in [0.15, 0.2) is 29.2 Å². The van der Waals surface area contributed by atoms with Crippen molar-refractivity contribution < 1.29 is 17.9 Å². The standard InChI is InChI=1S/C13H19N3O4S/c14-13(17)9-20-8-7-15-11-3-1-2-4-12(11)21(18,19)16-10-5-6-10/h1-4,10,15-16H,5-9H2,(H2,14,17). The number of para-hydroxylation sites is 1. The highest BCUT2D eigenvalue weighted by atomic mass is 32.2. The number of hydrogen-bond donors (Lipinski definition) is 3. The Bertz CT molecular complexity index is 599. The lowest BCUT2D eigenvalue weighted by molar-refractivity contribution is -0.122. The zero-order chi connectivity index (χ0) is 15.3. The van der Waals surface area contributed by atoms with Crippen LogP contribution in [0.25, 0.3) is 0 Å². The Kier molecular flexibility index (Phi) is 5.16. The van der Waals surface area contributed by atoms with Crippen molar-refractivity contribution in [3.8, 4) is 0 Å². The smallest absolute Gasteiger partial charge is 0.243 e. The van der Waals surface area contributed by atoms with Crippen LogP contribution < -0.4 is 15.8 Å². The van der Waals surface area contributed by atoms with Crippen molar-refractivity contribution in [1.29, 1.82) is 0 Å². The molecule has 1 aromatic rings. The maximum atomic E-state index is 12.2. The van der Waals surface area contributed by atoms with E-state index in [1.54, 1.807) is 24.3 Å². The van der Waals surface area contributed by atoms with Gasteiger partial charge in [0, 0.05) is 12.6 Å². The van der Waals surface area contributed by atoms with Crippen LogP contribution in [0.3, 0.4) is 0 Å². The molecule has 0 unspecified atom stereocenters. The van der Waals surface area contributed by atoms with Crippen LogP contribution in [0.1, 0.15) is 12.8 Å². The number of carbonyl (C=O) groups is 1. The van der Waals surface area contributed by atoms with Crippen molar-refractivity contribution in [3.63, 3.8) is 0 Å². The monoisotopic (exact) mass is 313 g/mol. The number of primary amides is 1. The largest absolute Gasteiger partial charge is 0.382 e. The Balaban J connectivity index is 1.94. The van der Waals surface area contributed by atoms with Gasteiger partial charge in [-0.3, -0.25) is 4.79 Å². The van der Waals surface area contributed by atoms with Gasteiger partial charge in [-0.25, -0.2) is 13.1 Å². The second-order valence-electron chi connectivity index (χ2n) is 4.84. The maximum absolute atomic E-state index is 12.2. The van der Waals surface area contributed by atoms with E-state index in [2.05, 4.69) is 10.0 Å². The first-order valence-corrected chi connectivity index (χ1v) is 8.18. The molecule has 4 N–H and O–H groups in total. The summed E-state index contributed by atoms with van der Waals surface area (Å²) >= 11 is 0. The molecule has 0 radical (unpaired) electrons. The summed E-state index contributed by atoms with van der Waals surface area (Å²) in [5.74, 6) is -0.536. The third-order valence-corrected chi connectivity index (χ3v) is 4.46. The Morgan fingerprint density at radius 2 is 2.05 bits per heavy atom. The summed E-state index contributed by atoms with van der Waals surface area (Å²) in [6, 6.07) is 6.73. The molecule has 0 saturated heterocycles. The highest BCUT2D eigenvalue weighted by Crippen LogP contribution is 2.25. The molecule has 1 aliphatic rings. The maximum Gasteiger partial charge on any atom is 0.243 e. The topological polar surface area (TPSA) is 111 Å². The van der Waals surface area contributed by atoms with E-state index in [0.29, 0.717) is 12.2 Å². The first-order valence-electron chi connectivity index (χ1n) is 6.70. The van der Waals surface area contributed by atoms with Crippen molar-refractivity contribution in [2.24, 2.45) is 5.73 Å². The number of ether oxygens (including phenoxy) is 1. The minimum atomic E-state index is -3.51. The second-order valence-corrected chi connectivity index (χ2v) is 6.52. The molecule has 1 saturated carbocycles. The Labute approximate surface area is 123 Å². The van der Waals surface area contributed by atoms with E-state index in [-0.39, 0.29) is 24.2 Å². The molecule has 0 aliphatic heterocycles. The fraction of sp³-hybridized carbons (Fsp3) is 0.462. The molecule has 2 rings (SSSR count). The first kappa shape index (κ1) is 15.7. The minimum absolute atomic E-state index is 0.0574. The van der Waals surface area contributed by atoms with E-state index in [1.165, 1.54) is 0 Å². The van der Waals surface area contributed by atoms with Gasteiger partial charge in [-0.15, -0.1) is 0 Å². The molecule has 1 aromatic carbocycles. The minimum Gasteiger partial charge on any atom is -0.382 e. The summed E-state index contributed by atoms with van der Waals surface area (Å²) in [7, 11) is -3.51. The predicted molar refractivity (Wildman–Crippen MR) is 78.3 cm³/mol. The number of sulfonamides is 1. The zero-order valence-electron chi connectivity index (χ0n) is 11.5. The summed E-state index contributed by atoms with van der Waals surface area (Å²) in [5, 5.41) is 2.99. The quantitative estimate of drug-likeness (QED) is 0.558. The van der Waals surface area contributed by atoms with Crippen molar-refractivity contribution in [3.05, 3.63) is 24.3 Å². The summed E-state index contributed by atoms with van der Waals surface area (Å²) in [5.41, 5.74) is 5.46. The van der Waals surface area contributed by atoms with Gasteiger partial charge in [0.05, 0.1) is 12.3 Å². The van der Waals surface area contributed by atoms with Gasteiger partial charge >= 0.3 is 0 Å². The average Bonchev–Trinajstić information content (AvgIpc) is 3.21. The number of amides is 1. The van der Waals surface area contributed by atoms with E-state index in [9.17, 15) is 13.2 Å². The molecule has 21 heavy (non-hydrogen) atoms. The van der Waals surface area contributed by atoms with E-state index in [4.69, 9.17) is 10.5 Å². The van der Waals surface area contributed by atoms with Crippen LogP contribution in [-0.4, -0.2) is 40.1 Å². The van der Waals surface area contributed by atoms with Crippen molar-refractivity contribution in [2.45, 2.75) is 23.8 Å². The van der Waals surface area contributed by atoms with Crippen LogP contribution in [0.5, 0.6) is 0 Å². The molecule has 7 nitrogen and oxygen atoms in total. The normalized spacial score (nSPS) is 14.9. The van der Waals surface area contributed by atoms with Gasteiger partial charge in [0.25, 0.3) is 0 Å². The van der Waals surface area contributed by atoms with Gasteiger partial charge in [-0.2, -0.15) is 0 Å². The Morgan fingerprint density at radius 3 is 2.71 bits per heavy atom. The molecule has 0 atom stereocenters. The third kappa shape index (κ3) is 5.00. The molecular formula is C13H19N3O4S. The third-order valence-electron chi connectivity index (χ3n) is 2.88. The van der Waals surface area contributed by atoms with Crippen LogP contribution in [0.2, 0.25) is 0 Å². The van der Waals surface area contributed by atoms with Gasteiger partial charge in [0.2, 0.25) is 15.9 Å². The Morgan fingerprint density at radius 1 is 1.33 bits per heavy atom. The van der Waals surface area contributed by atoms with Gasteiger partial charge in [-0.05, 0) is 25.0 Å². The van der Waals surface area contributed by atoms with E-state index >= 15 is 0 Å². The predicted octanol–water partition coefficient (Wildman–Crippen LogP) is 0.0411. The first-order chi connectivity index (χ1) is 9.99. The fourth-order valence-electron chi connectivity index (χ4n) is 1.76. The van der Waals surface area contributed by atoms with E-state index in [1.807, 2.05) is 0 Å². The Hall–Kier alpha value is -1.64. The van der Waals surface area contributed by atoms with Crippen molar-refractivity contribution in [1.82, 2.24) is 4.72 Å². The van der Waals surface area contributed by atoms with Gasteiger partial charge in [-0.1, -0.05) is 12.1 Å². The highest BCUT2D eigenvalue weighted by Gasteiger charge is 2.29. The van der Waals surface area contributed by atoms with Gasteiger partial charge in [0.15, 0.2) is 0 Å². The number of carbonyl (C=O) groups excluding carboxylic acids is 1. The molecule has 116 valence electrons. The molecule has 0 aromatic heterocycles. The number of anilines is 1. The number of nitrogens with two attached hydrogens (primary N) is 1. The number of benzene rings is 1. The molecule has 1 aliphatic carbocycles. The molecule has 0 spiro atoms. The second kappa shape index (κ2) is 6.88. The van der Waals surface area contributed by atoms with Crippen LogP contribution >= 0.6 is 0 Å². The highest BCUT2D eigenvalue weighted by molar-refractivity contribution is 7.89. The number of rotatable bonds is 9. The molecular weight excluding hydrogens is 294 g/mol. The number of nitrogens with one attached hydrogen (secondary N) is 2.